The average molecular weight is 218 g/mol. The maximum Gasteiger partial charge on any atom is 0.0275 e. The third kappa shape index (κ3) is 4.72. The molecule has 4 N–H and O–H groups in total. The van der Waals surface area contributed by atoms with Gasteiger partial charge in [0, 0.05) is 11.3 Å². The lowest BCUT2D eigenvalue weighted by Gasteiger charge is -2.43. The molecule has 0 aliphatic carbocycles. The van der Waals surface area contributed by atoms with E-state index < -0.39 is 0 Å². The molecule has 14 heavy (non-hydrogen) atoms. The molecule has 0 rings (SSSR count). The number of hydrogen-bond donors (Lipinski definition) is 2. The maximum atomic E-state index is 6.27. The molecule has 0 spiro atoms. The first-order valence-corrected chi connectivity index (χ1v) is 5.77. The Kier molecular flexibility index (Phi) is 4.18. The van der Waals surface area contributed by atoms with Gasteiger partial charge in [-0.1, -0.05) is 34.6 Å². The molecule has 0 aliphatic heterocycles. The molecule has 0 radical (unpaired) electrons. The van der Waals surface area contributed by atoms with Gasteiger partial charge in [0.05, 0.1) is 0 Å². The molecule has 3 atom stereocenters. The van der Waals surface area contributed by atoms with Crippen molar-refractivity contribution in [1.82, 2.24) is 0 Å². The Morgan fingerprint density at radius 1 is 1.07 bits per heavy atom. The van der Waals surface area contributed by atoms with Crippen LogP contribution in [0.3, 0.4) is 0 Å². The lowest BCUT2D eigenvalue weighted by atomic mass is 9.69. The number of hydrogen-bond acceptors (Lipinski definition) is 2. The van der Waals surface area contributed by atoms with Gasteiger partial charge in [-0.25, -0.2) is 0 Å². The third-order valence-corrected chi connectivity index (χ3v) is 2.82. The molecule has 0 fully saturated rings. The fourth-order valence-corrected chi connectivity index (χ4v) is 2.79. The predicted molar refractivity (Wildman–Crippen MR) is 68.1 cm³/mol. The number of nitrogens with two attached hydrogens (primary N) is 2. The van der Waals surface area contributed by atoms with Gasteiger partial charge in [-0.15, -0.1) is 9.24 Å². The van der Waals surface area contributed by atoms with E-state index >= 15 is 0 Å². The minimum Gasteiger partial charge on any atom is -0.327 e. The van der Waals surface area contributed by atoms with Crippen LogP contribution in [-0.2, 0) is 0 Å². The second-order valence-corrected chi connectivity index (χ2v) is 7.83. The van der Waals surface area contributed by atoms with E-state index in [2.05, 4.69) is 43.9 Å². The zero-order valence-electron chi connectivity index (χ0n) is 10.5. The Balaban J connectivity index is 4.63. The van der Waals surface area contributed by atoms with E-state index in [0.29, 0.717) is 0 Å². The molecule has 0 aromatic carbocycles. The highest BCUT2D eigenvalue weighted by atomic mass is 31.0. The van der Waals surface area contributed by atoms with Crippen LogP contribution in [0, 0.1) is 10.8 Å². The zero-order valence-corrected chi connectivity index (χ0v) is 11.7. The molecular formula is C11H27N2P. The maximum absolute atomic E-state index is 6.27. The standard InChI is InChI=1S/C11H27N2P/c1-9(2,3)8(12)10(4,5)7-11(6,13)14/h8H,7,12-14H2,1-6H3. The molecule has 0 saturated heterocycles. The van der Waals surface area contributed by atoms with Crippen molar-refractivity contribution >= 4 is 9.24 Å². The molecule has 0 aliphatic rings. The predicted octanol–water partition coefficient (Wildman–Crippen LogP) is 2.33. The smallest absolute Gasteiger partial charge is 0.0275 e. The van der Waals surface area contributed by atoms with Gasteiger partial charge >= 0.3 is 0 Å². The van der Waals surface area contributed by atoms with E-state index in [0.717, 1.165) is 6.42 Å². The monoisotopic (exact) mass is 218 g/mol. The van der Waals surface area contributed by atoms with Gasteiger partial charge < -0.3 is 11.5 Å². The lowest BCUT2D eigenvalue weighted by Crippen LogP contribution is -2.50. The van der Waals surface area contributed by atoms with Crippen LogP contribution < -0.4 is 11.5 Å². The first-order valence-electron chi connectivity index (χ1n) is 5.20. The van der Waals surface area contributed by atoms with Crippen LogP contribution in [0.25, 0.3) is 0 Å². The van der Waals surface area contributed by atoms with Crippen molar-refractivity contribution in [2.45, 2.75) is 59.3 Å². The topological polar surface area (TPSA) is 52.0 Å². The summed E-state index contributed by atoms with van der Waals surface area (Å²) in [5.74, 6) is 0. The van der Waals surface area contributed by atoms with Crippen LogP contribution in [0.4, 0.5) is 0 Å². The molecule has 0 saturated carbocycles. The third-order valence-electron chi connectivity index (χ3n) is 2.61. The molecule has 0 aromatic rings. The van der Waals surface area contributed by atoms with Crippen LogP contribution in [0.1, 0.15) is 48.0 Å². The van der Waals surface area contributed by atoms with Crippen molar-refractivity contribution in [3.63, 3.8) is 0 Å². The summed E-state index contributed by atoms with van der Waals surface area (Å²) < 4.78 is 0. The first-order chi connectivity index (χ1) is 5.86. The minimum absolute atomic E-state index is 0.0590. The van der Waals surface area contributed by atoms with E-state index in [9.17, 15) is 0 Å². The fourth-order valence-electron chi connectivity index (χ4n) is 2.26. The van der Waals surface area contributed by atoms with Gasteiger partial charge in [0.2, 0.25) is 0 Å². The normalized spacial score (nSPS) is 20.4. The largest absolute Gasteiger partial charge is 0.327 e. The average Bonchev–Trinajstić information content (AvgIpc) is 1.78. The molecule has 3 unspecified atom stereocenters. The minimum atomic E-state index is -0.230. The van der Waals surface area contributed by atoms with Crippen molar-refractivity contribution in [3.05, 3.63) is 0 Å². The quantitative estimate of drug-likeness (QED) is 0.714. The molecule has 3 heteroatoms. The van der Waals surface area contributed by atoms with Gasteiger partial charge in [0.15, 0.2) is 0 Å². The molecule has 86 valence electrons. The van der Waals surface area contributed by atoms with Crippen molar-refractivity contribution in [2.75, 3.05) is 0 Å². The van der Waals surface area contributed by atoms with Crippen molar-refractivity contribution in [3.8, 4) is 0 Å². The second-order valence-electron chi connectivity index (χ2n) is 6.51. The summed E-state index contributed by atoms with van der Waals surface area (Å²) in [7, 11) is 2.69. The van der Waals surface area contributed by atoms with Gasteiger partial charge in [-0.2, -0.15) is 0 Å². The fraction of sp³-hybridized carbons (Fsp3) is 1.00. The molecule has 0 aromatic heterocycles. The van der Waals surface area contributed by atoms with Crippen LogP contribution in [-0.4, -0.2) is 11.3 Å². The summed E-state index contributed by atoms with van der Waals surface area (Å²) in [4.78, 5) is 0. The van der Waals surface area contributed by atoms with E-state index in [1.165, 1.54) is 0 Å². The Labute approximate surface area is 91.4 Å². The van der Waals surface area contributed by atoms with Crippen molar-refractivity contribution in [1.29, 1.82) is 0 Å². The van der Waals surface area contributed by atoms with Gasteiger partial charge in [-0.05, 0) is 24.2 Å². The summed E-state index contributed by atoms with van der Waals surface area (Å²) in [5.41, 5.74) is 12.5. The van der Waals surface area contributed by atoms with Crippen LogP contribution >= 0.6 is 9.24 Å². The van der Waals surface area contributed by atoms with Crippen LogP contribution in [0.2, 0.25) is 0 Å². The van der Waals surface area contributed by atoms with Crippen molar-refractivity contribution < 1.29 is 0 Å². The Morgan fingerprint density at radius 3 is 1.64 bits per heavy atom. The van der Waals surface area contributed by atoms with E-state index in [1.807, 2.05) is 6.92 Å². The molecule has 0 heterocycles. The van der Waals surface area contributed by atoms with Crippen molar-refractivity contribution in [2.24, 2.45) is 22.3 Å². The van der Waals surface area contributed by atoms with Gasteiger partial charge in [0.25, 0.3) is 0 Å². The summed E-state index contributed by atoms with van der Waals surface area (Å²) in [5, 5.41) is -0.230. The van der Waals surface area contributed by atoms with Crippen LogP contribution in [0.15, 0.2) is 0 Å². The molecular weight excluding hydrogens is 191 g/mol. The Bertz CT molecular complexity index is 186. The highest BCUT2D eigenvalue weighted by Crippen LogP contribution is 2.38. The highest BCUT2D eigenvalue weighted by Gasteiger charge is 2.37. The summed E-state index contributed by atoms with van der Waals surface area (Å²) >= 11 is 0. The van der Waals surface area contributed by atoms with Gasteiger partial charge in [-0.3, -0.25) is 0 Å². The first kappa shape index (κ1) is 14.3. The molecule has 2 nitrogen and oxygen atoms in total. The number of rotatable bonds is 3. The lowest BCUT2D eigenvalue weighted by molar-refractivity contribution is 0.139. The summed E-state index contributed by atoms with van der Waals surface area (Å²) in [6, 6.07) is 0.151. The van der Waals surface area contributed by atoms with Crippen LogP contribution in [0.5, 0.6) is 0 Å². The van der Waals surface area contributed by atoms with E-state index in [1.54, 1.807) is 0 Å². The molecule has 0 amide bonds. The SMILES string of the molecule is CC(N)(P)CC(C)(C)C(N)C(C)(C)C. The summed E-state index contributed by atoms with van der Waals surface area (Å²) in [6.07, 6.45) is 0.906. The molecule has 0 bridgehead atoms. The van der Waals surface area contributed by atoms with E-state index in [4.69, 9.17) is 11.5 Å². The summed E-state index contributed by atoms with van der Waals surface area (Å²) in [6.45, 7) is 12.9. The Hall–Kier alpha value is 0.350. The highest BCUT2D eigenvalue weighted by molar-refractivity contribution is 7.18. The Morgan fingerprint density at radius 2 is 1.43 bits per heavy atom. The zero-order chi connectivity index (χ0) is 11.8. The second kappa shape index (κ2) is 4.08. The van der Waals surface area contributed by atoms with Gasteiger partial charge in [0.1, 0.15) is 0 Å². The van der Waals surface area contributed by atoms with E-state index in [-0.39, 0.29) is 22.2 Å².